The van der Waals surface area contributed by atoms with Gasteiger partial charge in [0.25, 0.3) is 20.2 Å². The van der Waals surface area contributed by atoms with Gasteiger partial charge >= 0.3 is 0 Å². The molecule has 0 saturated heterocycles. The highest BCUT2D eigenvalue weighted by Gasteiger charge is 2.30. The molecule has 0 bridgehead atoms. The Bertz CT molecular complexity index is 2240. The molecule has 5 amide bonds. The van der Waals surface area contributed by atoms with Crippen molar-refractivity contribution < 1.29 is 49.9 Å². The molecule has 3 atom stereocenters. The number of rotatable bonds is 21. The van der Waals surface area contributed by atoms with E-state index >= 15 is 0 Å². The number of hydrogen-bond acceptors (Lipinski definition) is 9. The third-order valence-electron chi connectivity index (χ3n) is 8.66. The molecule has 0 spiro atoms. The van der Waals surface area contributed by atoms with E-state index in [0.717, 1.165) is 21.9 Å². The Morgan fingerprint density at radius 3 is 1.56 bits per heavy atom. The van der Waals surface area contributed by atoms with E-state index in [9.17, 15) is 40.8 Å². The molecule has 7 N–H and O–H groups in total. The molecule has 304 valence electrons. The van der Waals surface area contributed by atoms with Crippen LogP contribution in [-0.2, 0) is 63.5 Å². The Morgan fingerprint density at radius 2 is 1.00 bits per heavy atom. The van der Waals surface area contributed by atoms with Crippen LogP contribution in [0.1, 0.15) is 29.5 Å². The number of nitrogens with one attached hydrogen (secondary N) is 5. The lowest BCUT2D eigenvalue weighted by Gasteiger charge is -2.26. The van der Waals surface area contributed by atoms with Gasteiger partial charge in [0, 0.05) is 32.4 Å². The van der Waals surface area contributed by atoms with Gasteiger partial charge in [0.05, 0.1) is 17.9 Å². The minimum absolute atomic E-state index is 0.0326. The summed E-state index contributed by atoms with van der Waals surface area (Å²) in [7, 11) is -8.82. The van der Waals surface area contributed by atoms with Crippen LogP contribution in [0.2, 0.25) is 0 Å². The third kappa shape index (κ3) is 16.1. The summed E-state index contributed by atoms with van der Waals surface area (Å²) in [5, 5.41) is 14.6. The Hall–Kier alpha value is -5.69. The topological polar surface area (TPSA) is 254 Å². The summed E-state index contributed by atoms with van der Waals surface area (Å²) in [4.78, 5) is 67.2. The number of benzene rings is 4. The Balaban J connectivity index is 1.54. The molecule has 0 aliphatic rings. The van der Waals surface area contributed by atoms with Crippen LogP contribution in [0.5, 0.6) is 0 Å². The maximum atomic E-state index is 14.1. The molecule has 0 unspecified atom stereocenters. The van der Waals surface area contributed by atoms with Gasteiger partial charge < -0.3 is 26.6 Å². The van der Waals surface area contributed by atoms with E-state index in [1.165, 1.54) is 0 Å². The summed E-state index contributed by atoms with van der Waals surface area (Å²) >= 11 is 0. The molecule has 18 heteroatoms. The molecule has 4 aromatic rings. The van der Waals surface area contributed by atoms with Crippen LogP contribution < -0.4 is 26.6 Å². The van der Waals surface area contributed by atoms with Crippen molar-refractivity contribution in [1.29, 1.82) is 0 Å². The third-order valence-corrected chi connectivity index (χ3v) is 10.1. The lowest BCUT2D eigenvalue weighted by molar-refractivity contribution is -0.133. The van der Waals surface area contributed by atoms with Gasteiger partial charge in [0.2, 0.25) is 29.5 Å². The second-order valence-electron chi connectivity index (χ2n) is 13.2. The first-order valence-corrected chi connectivity index (χ1v) is 21.2. The summed E-state index contributed by atoms with van der Waals surface area (Å²) in [5.74, 6) is -5.22. The zero-order valence-electron chi connectivity index (χ0n) is 30.8. The van der Waals surface area contributed by atoms with E-state index in [-0.39, 0.29) is 25.7 Å². The van der Waals surface area contributed by atoms with Crippen molar-refractivity contribution in [3.05, 3.63) is 120 Å². The first kappa shape index (κ1) is 44.0. The number of fused-ring (bicyclic) bond motifs is 1. The predicted octanol–water partition coefficient (Wildman–Crippen LogP) is 1.11. The van der Waals surface area contributed by atoms with E-state index in [2.05, 4.69) is 26.6 Å². The van der Waals surface area contributed by atoms with Crippen LogP contribution in [0.4, 0.5) is 0 Å². The van der Waals surface area contributed by atoms with Gasteiger partial charge in [0.15, 0.2) is 0 Å². The lowest BCUT2D eigenvalue weighted by atomic mass is 10.0. The monoisotopic (exact) mass is 823 g/mol. The summed E-state index contributed by atoms with van der Waals surface area (Å²) in [6.07, 6.45) is -0.792. The van der Waals surface area contributed by atoms with E-state index in [0.29, 0.717) is 5.56 Å². The fraction of sp³-hybridized carbons (Fsp3) is 0.308. The first-order chi connectivity index (χ1) is 27.0. The quantitative estimate of drug-likeness (QED) is 0.0586. The minimum atomic E-state index is -4.46. The van der Waals surface area contributed by atoms with E-state index < -0.39 is 98.9 Å². The maximum absolute atomic E-state index is 14.1. The van der Waals surface area contributed by atoms with Crippen LogP contribution >= 0.6 is 0 Å². The molecule has 0 fully saturated rings. The van der Waals surface area contributed by atoms with Gasteiger partial charge in [0.1, 0.15) is 18.1 Å². The van der Waals surface area contributed by atoms with E-state index in [1.807, 2.05) is 42.5 Å². The first-order valence-electron chi connectivity index (χ1n) is 17.9. The van der Waals surface area contributed by atoms with Crippen molar-refractivity contribution in [3.63, 3.8) is 0 Å². The van der Waals surface area contributed by atoms with Crippen LogP contribution in [0, 0.1) is 0 Å². The summed E-state index contributed by atoms with van der Waals surface area (Å²) in [5.41, 5.74) is 2.08. The smallest absolute Gasteiger partial charge is 0.266 e. The number of amides is 5. The van der Waals surface area contributed by atoms with Crippen molar-refractivity contribution in [2.45, 2.75) is 50.2 Å². The Labute approximate surface area is 330 Å². The van der Waals surface area contributed by atoms with Crippen LogP contribution in [0.25, 0.3) is 10.8 Å². The molecular weight excluding hydrogens is 779 g/mol. The molecule has 0 radical (unpaired) electrons. The molecule has 0 heterocycles. The van der Waals surface area contributed by atoms with Crippen molar-refractivity contribution in [2.75, 3.05) is 24.6 Å². The maximum Gasteiger partial charge on any atom is 0.266 e. The summed E-state index contributed by atoms with van der Waals surface area (Å²) in [6, 6.07) is 26.9. The van der Waals surface area contributed by atoms with E-state index in [1.54, 1.807) is 60.7 Å². The van der Waals surface area contributed by atoms with Gasteiger partial charge in [-0.15, -0.1) is 0 Å². The molecule has 57 heavy (non-hydrogen) atoms. The second-order valence-corrected chi connectivity index (χ2v) is 16.4. The van der Waals surface area contributed by atoms with Crippen LogP contribution in [0.3, 0.4) is 0 Å². The number of carbonyl (C=O) groups excluding carboxylic acids is 5. The molecule has 0 aliphatic heterocycles. The van der Waals surface area contributed by atoms with E-state index in [4.69, 9.17) is 9.11 Å². The van der Waals surface area contributed by atoms with Crippen LogP contribution in [0.15, 0.2) is 103 Å². The number of carbonyl (C=O) groups is 5. The summed E-state index contributed by atoms with van der Waals surface area (Å²) < 4.78 is 62.6. The predicted molar refractivity (Wildman–Crippen MR) is 212 cm³/mol. The largest absolute Gasteiger partial charge is 0.355 e. The average molecular weight is 824 g/mol. The number of hydrogen-bond donors (Lipinski definition) is 7. The Morgan fingerprint density at radius 1 is 0.509 bits per heavy atom. The molecule has 0 aromatic heterocycles. The molecule has 4 aromatic carbocycles. The zero-order valence-corrected chi connectivity index (χ0v) is 32.4. The van der Waals surface area contributed by atoms with Crippen molar-refractivity contribution >= 4 is 60.5 Å². The minimum Gasteiger partial charge on any atom is -0.355 e. The highest BCUT2D eigenvalue weighted by molar-refractivity contribution is 7.86. The fourth-order valence-corrected chi connectivity index (χ4v) is 6.54. The zero-order chi connectivity index (χ0) is 41.4. The Kier molecular flexibility index (Phi) is 16.2. The standard InChI is InChI=1S/C39H45N5O11S2/c45-35(40-19-21-56(50,51)52)18-17-32(37(47)41-20-22-57(53,54)55)43-39(49)34(25-28-11-5-2-6-12-28)44-38(48)33(24-27-9-3-1-4-10-27)42-36(46)26-29-15-16-30-13-7-8-14-31(30)23-29/h1-16,23,32-34H,17-22,24-26H2,(H,40,45)(H,41,47)(H,42,46)(H,43,49)(H,44,48)(H,50,51,52)(H,53,54,55)/t32-,33-,34-/m0/s1. The molecule has 4 rings (SSSR count). The van der Waals surface area contributed by atoms with Gasteiger partial charge in [-0.25, -0.2) is 0 Å². The fourth-order valence-electron chi connectivity index (χ4n) is 5.82. The molecular formula is C39H45N5O11S2. The molecule has 0 saturated carbocycles. The summed E-state index contributed by atoms with van der Waals surface area (Å²) in [6.45, 7) is -0.960. The van der Waals surface area contributed by atoms with Gasteiger partial charge in [-0.3, -0.25) is 33.1 Å². The van der Waals surface area contributed by atoms with Crippen molar-refractivity contribution in [1.82, 2.24) is 26.6 Å². The van der Waals surface area contributed by atoms with Gasteiger partial charge in [-0.1, -0.05) is 103 Å². The second kappa shape index (κ2) is 21.0. The average Bonchev–Trinajstić information content (AvgIpc) is 3.15. The highest BCUT2D eigenvalue weighted by atomic mass is 32.2. The van der Waals surface area contributed by atoms with Gasteiger partial charge in [-0.2, -0.15) is 16.8 Å². The van der Waals surface area contributed by atoms with Crippen LogP contribution in [-0.4, -0.2) is 98.2 Å². The SMILES string of the molecule is O=C(CC[C@H](NC(=O)[C@H](Cc1ccccc1)NC(=O)[C@H](Cc1ccccc1)NC(=O)Cc1ccc2ccccc2c1)C(=O)NCCS(=O)(=O)O)NCCS(=O)(=O)O. The highest BCUT2D eigenvalue weighted by Crippen LogP contribution is 2.16. The van der Waals surface area contributed by atoms with Crippen molar-refractivity contribution in [2.24, 2.45) is 0 Å². The van der Waals surface area contributed by atoms with Crippen molar-refractivity contribution in [3.8, 4) is 0 Å². The van der Waals surface area contributed by atoms with Gasteiger partial charge in [-0.05, 0) is 33.9 Å². The molecule has 0 aliphatic carbocycles. The lowest BCUT2D eigenvalue weighted by Crippen LogP contribution is -2.58. The molecule has 16 nitrogen and oxygen atoms in total. The normalized spacial score (nSPS) is 13.1.